The van der Waals surface area contributed by atoms with Gasteiger partial charge in [-0.2, -0.15) is 4.98 Å². The lowest BCUT2D eigenvalue weighted by atomic mass is 9.97. The molecule has 0 saturated carbocycles. The van der Waals surface area contributed by atoms with Crippen LogP contribution in [0.5, 0.6) is 11.5 Å². The molecule has 2 aliphatic heterocycles. The number of carboxylic acid groups (broad SMARTS) is 1. The number of ether oxygens (including phenoxy) is 2. The minimum absolute atomic E-state index is 0.0649. The second-order valence-corrected chi connectivity index (χ2v) is 7.62. The summed E-state index contributed by atoms with van der Waals surface area (Å²) in [6, 6.07) is 9.77. The fraction of sp³-hybridized carbons (Fsp3) is 0.286. The Hall–Kier alpha value is -4.15. The van der Waals surface area contributed by atoms with Gasteiger partial charge in [0.25, 0.3) is 5.69 Å². The van der Waals surface area contributed by atoms with Crippen LogP contribution in [0, 0.1) is 16.0 Å². The quantitative estimate of drug-likeness (QED) is 0.451. The fourth-order valence-electron chi connectivity index (χ4n) is 3.89. The number of nitrogens with zero attached hydrogens (tertiary/aromatic N) is 4. The van der Waals surface area contributed by atoms with Crippen molar-refractivity contribution in [2.45, 2.75) is 12.8 Å². The number of nitrogens with one attached hydrogen (secondary N) is 1. The highest BCUT2D eigenvalue weighted by molar-refractivity contribution is 5.93. The molecule has 3 aromatic rings. The molecule has 11 nitrogen and oxygen atoms in total. The minimum atomic E-state index is -0.790. The molecule has 1 fully saturated rings. The number of fused-ring (bicyclic) bond motifs is 2. The summed E-state index contributed by atoms with van der Waals surface area (Å²) in [7, 11) is 0. The van der Waals surface area contributed by atoms with Crippen molar-refractivity contribution in [2.75, 3.05) is 30.1 Å². The monoisotopic (exact) mass is 437 g/mol. The van der Waals surface area contributed by atoms with Gasteiger partial charge in [0.1, 0.15) is 5.82 Å². The van der Waals surface area contributed by atoms with Gasteiger partial charge >= 0.3 is 5.97 Å². The molecule has 0 unspecified atom stereocenters. The first-order valence-electron chi connectivity index (χ1n) is 10.1. The first-order chi connectivity index (χ1) is 15.5. The van der Waals surface area contributed by atoms with Gasteiger partial charge in [0.05, 0.1) is 16.4 Å². The lowest BCUT2D eigenvalue weighted by molar-refractivity contribution is -0.384. The zero-order valence-electron chi connectivity index (χ0n) is 16.9. The molecule has 0 atom stereocenters. The number of nitro benzene ring substituents is 1. The van der Waals surface area contributed by atoms with Gasteiger partial charge in [0.2, 0.25) is 12.7 Å². The summed E-state index contributed by atoms with van der Waals surface area (Å²) >= 11 is 0. The minimum Gasteiger partial charge on any atom is -0.481 e. The summed E-state index contributed by atoms with van der Waals surface area (Å²) in [6.45, 7) is 1.18. The summed E-state index contributed by atoms with van der Waals surface area (Å²) in [5.41, 5.74) is 1.16. The Kier molecular flexibility index (Phi) is 4.85. The van der Waals surface area contributed by atoms with E-state index in [0.717, 1.165) is 0 Å². The van der Waals surface area contributed by atoms with Crippen LogP contribution in [-0.4, -0.2) is 45.8 Å². The molecular weight excluding hydrogens is 418 g/mol. The molecule has 0 bridgehead atoms. The van der Waals surface area contributed by atoms with Crippen LogP contribution in [0.2, 0.25) is 0 Å². The van der Waals surface area contributed by atoms with Crippen LogP contribution in [0.1, 0.15) is 12.8 Å². The summed E-state index contributed by atoms with van der Waals surface area (Å²) in [6.07, 6.45) is 1.00. The first kappa shape index (κ1) is 19.8. The third kappa shape index (κ3) is 3.68. The number of aliphatic carboxylic acids is 1. The molecule has 0 aliphatic carbocycles. The zero-order chi connectivity index (χ0) is 22.2. The highest BCUT2D eigenvalue weighted by Crippen LogP contribution is 2.36. The van der Waals surface area contributed by atoms with Crippen molar-refractivity contribution in [1.82, 2.24) is 9.97 Å². The number of anilines is 3. The number of non-ortho nitro benzene ring substituents is 1. The Bertz CT molecular complexity index is 1220. The molecule has 5 rings (SSSR count). The van der Waals surface area contributed by atoms with E-state index in [1.54, 1.807) is 24.3 Å². The van der Waals surface area contributed by atoms with Crippen molar-refractivity contribution >= 4 is 40.0 Å². The predicted octanol–water partition coefficient (Wildman–Crippen LogP) is 3.31. The van der Waals surface area contributed by atoms with E-state index < -0.39 is 10.9 Å². The third-order valence-electron chi connectivity index (χ3n) is 5.64. The van der Waals surface area contributed by atoms with E-state index in [1.807, 2.05) is 4.90 Å². The maximum atomic E-state index is 11.3. The largest absolute Gasteiger partial charge is 0.481 e. The number of piperidine rings is 1. The highest BCUT2D eigenvalue weighted by Gasteiger charge is 2.26. The molecule has 2 aliphatic rings. The number of hydrogen-bond donors (Lipinski definition) is 2. The lowest BCUT2D eigenvalue weighted by Crippen LogP contribution is -2.37. The van der Waals surface area contributed by atoms with Crippen LogP contribution in [0.15, 0.2) is 36.4 Å². The van der Waals surface area contributed by atoms with Gasteiger partial charge in [-0.3, -0.25) is 14.9 Å². The van der Waals surface area contributed by atoms with Gasteiger partial charge < -0.3 is 24.8 Å². The van der Waals surface area contributed by atoms with E-state index in [-0.39, 0.29) is 18.4 Å². The van der Waals surface area contributed by atoms with Crippen LogP contribution < -0.4 is 19.7 Å². The van der Waals surface area contributed by atoms with Crippen LogP contribution in [-0.2, 0) is 4.79 Å². The van der Waals surface area contributed by atoms with Gasteiger partial charge in [-0.15, -0.1) is 0 Å². The maximum Gasteiger partial charge on any atom is 0.306 e. The smallest absolute Gasteiger partial charge is 0.306 e. The number of carbonyl (C=O) groups is 1. The number of benzene rings is 2. The molecular formula is C21H19N5O6. The standard InChI is InChI=1S/C21H19N5O6/c27-20(28)12-5-7-25(8-6-12)21-23-16-3-2-14(26(29)30)10-15(16)19(24-21)22-13-1-4-17-18(9-13)32-11-31-17/h1-4,9-10,12H,5-8,11H2,(H,27,28)(H,22,23,24). The SMILES string of the molecule is O=C(O)C1CCN(c2nc(Nc3ccc4c(c3)OCO4)c3cc([N+](=O)[O-])ccc3n2)CC1. The van der Waals surface area contributed by atoms with Gasteiger partial charge in [0, 0.05) is 42.4 Å². The Morgan fingerprint density at radius 1 is 1.12 bits per heavy atom. The first-order valence-corrected chi connectivity index (χ1v) is 10.1. The van der Waals surface area contributed by atoms with Crippen molar-refractivity contribution in [3.63, 3.8) is 0 Å². The molecule has 0 spiro atoms. The molecule has 1 saturated heterocycles. The Morgan fingerprint density at radius 3 is 2.66 bits per heavy atom. The van der Waals surface area contributed by atoms with Gasteiger partial charge in [-0.25, -0.2) is 4.98 Å². The number of rotatable bonds is 5. The van der Waals surface area contributed by atoms with E-state index in [4.69, 9.17) is 9.47 Å². The summed E-state index contributed by atoms with van der Waals surface area (Å²) in [5.74, 6) is 0.921. The maximum absolute atomic E-state index is 11.3. The van der Waals surface area contributed by atoms with Crippen molar-refractivity contribution in [2.24, 2.45) is 5.92 Å². The molecule has 32 heavy (non-hydrogen) atoms. The van der Waals surface area contributed by atoms with Gasteiger partial charge in [0.15, 0.2) is 11.5 Å². The lowest BCUT2D eigenvalue weighted by Gasteiger charge is -2.30. The van der Waals surface area contributed by atoms with Crippen LogP contribution in [0.3, 0.4) is 0 Å². The van der Waals surface area contributed by atoms with Gasteiger partial charge in [-0.05, 0) is 31.0 Å². The van der Waals surface area contributed by atoms with E-state index in [9.17, 15) is 20.0 Å². The molecule has 2 aromatic carbocycles. The van der Waals surface area contributed by atoms with E-state index in [1.165, 1.54) is 12.1 Å². The average molecular weight is 437 g/mol. The van der Waals surface area contributed by atoms with Crippen molar-refractivity contribution in [3.05, 3.63) is 46.5 Å². The fourth-order valence-corrected chi connectivity index (χ4v) is 3.89. The van der Waals surface area contributed by atoms with E-state index in [2.05, 4.69) is 15.3 Å². The number of aromatic nitrogens is 2. The van der Waals surface area contributed by atoms with Crippen molar-refractivity contribution in [3.8, 4) is 11.5 Å². The molecule has 2 N–H and O–H groups in total. The molecule has 0 amide bonds. The topological polar surface area (TPSA) is 140 Å². The second kappa shape index (κ2) is 7.84. The third-order valence-corrected chi connectivity index (χ3v) is 5.64. The number of nitro groups is 1. The number of carboxylic acids is 1. The molecule has 164 valence electrons. The Morgan fingerprint density at radius 2 is 1.91 bits per heavy atom. The van der Waals surface area contributed by atoms with E-state index >= 15 is 0 Å². The van der Waals surface area contributed by atoms with Gasteiger partial charge in [-0.1, -0.05) is 0 Å². The van der Waals surface area contributed by atoms with Crippen molar-refractivity contribution < 1.29 is 24.3 Å². The molecule has 3 heterocycles. The zero-order valence-corrected chi connectivity index (χ0v) is 16.9. The average Bonchev–Trinajstić information content (AvgIpc) is 3.26. The van der Waals surface area contributed by atoms with Crippen LogP contribution in [0.4, 0.5) is 23.1 Å². The second-order valence-electron chi connectivity index (χ2n) is 7.62. The number of hydrogen-bond acceptors (Lipinski definition) is 9. The van der Waals surface area contributed by atoms with E-state index in [0.29, 0.717) is 65.8 Å². The molecule has 1 aromatic heterocycles. The normalized spacial score (nSPS) is 15.7. The summed E-state index contributed by atoms with van der Waals surface area (Å²) in [5, 5.41) is 24.3. The molecule has 11 heteroatoms. The Balaban J connectivity index is 1.53. The predicted molar refractivity (Wildman–Crippen MR) is 115 cm³/mol. The Labute approximate surface area is 181 Å². The molecule has 0 radical (unpaired) electrons. The van der Waals surface area contributed by atoms with Crippen molar-refractivity contribution in [1.29, 1.82) is 0 Å². The summed E-state index contributed by atoms with van der Waals surface area (Å²) in [4.78, 5) is 33.3. The summed E-state index contributed by atoms with van der Waals surface area (Å²) < 4.78 is 10.8. The van der Waals surface area contributed by atoms with Crippen LogP contribution >= 0.6 is 0 Å². The van der Waals surface area contributed by atoms with Crippen LogP contribution in [0.25, 0.3) is 10.9 Å². The highest BCUT2D eigenvalue weighted by atomic mass is 16.7.